The lowest BCUT2D eigenvalue weighted by Crippen LogP contribution is -2.25. The molecule has 21 heavy (non-hydrogen) atoms. The molecular formula is C16H21NO3S. The van der Waals surface area contributed by atoms with Crippen LogP contribution in [0.1, 0.15) is 45.5 Å². The van der Waals surface area contributed by atoms with Crippen LogP contribution in [0.3, 0.4) is 0 Å². The van der Waals surface area contributed by atoms with Gasteiger partial charge >= 0.3 is 0 Å². The third-order valence-corrected chi connectivity index (χ3v) is 4.52. The predicted octanol–water partition coefficient (Wildman–Crippen LogP) is 3.24. The molecule has 1 amide bonds. The van der Waals surface area contributed by atoms with Crippen molar-refractivity contribution >= 4 is 17.2 Å². The molecule has 2 aromatic heterocycles. The van der Waals surface area contributed by atoms with Gasteiger partial charge in [-0.15, -0.1) is 11.3 Å². The number of furan rings is 1. The van der Waals surface area contributed by atoms with Crippen molar-refractivity contribution in [2.45, 2.75) is 32.6 Å². The van der Waals surface area contributed by atoms with Gasteiger partial charge in [0.25, 0.3) is 5.91 Å². The van der Waals surface area contributed by atoms with E-state index in [1.54, 1.807) is 24.3 Å². The fourth-order valence-electron chi connectivity index (χ4n) is 2.42. The first-order valence-electron chi connectivity index (χ1n) is 7.11. The first-order chi connectivity index (χ1) is 10.1. The molecule has 0 spiro atoms. The Morgan fingerprint density at radius 3 is 2.81 bits per heavy atom. The highest BCUT2D eigenvalue weighted by Gasteiger charge is 2.15. The molecule has 0 aromatic carbocycles. The van der Waals surface area contributed by atoms with Crippen LogP contribution in [0.2, 0.25) is 0 Å². The van der Waals surface area contributed by atoms with E-state index < -0.39 is 0 Å². The smallest absolute Gasteiger partial charge is 0.254 e. The zero-order valence-electron chi connectivity index (χ0n) is 12.4. The summed E-state index contributed by atoms with van der Waals surface area (Å²) in [4.78, 5) is 13.3. The predicted molar refractivity (Wildman–Crippen MR) is 83.9 cm³/mol. The lowest BCUT2D eigenvalue weighted by molar-refractivity contribution is 0.0950. The summed E-state index contributed by atoms with van der Waals surface area (Å²) < 4.78 is 5.37. The number of hydrogen-bond acceptors (Lipinski definition) is 4. The highest BCUT2D eigenvalue weighted by Crippen LogP contribution is 2.27. The second-order valence-corrected chi connectivity index (χ2v) is 6.08. The van der Waals surface area contributed by atoms with Crippen molar-refractivity contribution in [3.8, 4) is 0 Å². The minimum Gasteiger partial charge on any atom is -0.466 e. The molecule has 0 saturated heterocycles. The Hall–Kier alpha value is -1.59. The van der Waals surface area contributed by atoms with Crippen LogP contribution in [0.25, 0.3) is 0 Å². The van der Waals surface area contributed by atoms with Gasteiger partial charge in [0.1, 0.15) is 11.5 Å². The topological polar surface area (TPSA) is 62.5 Å². The number of amides is 1. The van der Waals surface area contributed by atoms with Crippen molar-refractivity contribution in [1.82, 2.24) is 5.32 Å². The maximum atomic E-state index is 12.1. The number of nitrogens with one attached hydrogen (secondary N) is 1. The minimum atomic E-state index is -0.0988. The standard InChI is InChI=1S/C16H21NO3S/c1-11-10-14(12(2)20-11)16(19)17-7-5-13(6-8-18)15-4-3-9-21-15/h3-4,9-10,13,18H,5-8H2,1-2H3,(H,17,19)/t13-/m0/s1. The second-order valence-electron chi connectivity index (χ2n) is 5.10. The monoisotopic (exact) mass is 307 g/mol. The summed E-state index contributed by atoms with van der Waals surface area (Å²) in [5.74, 6) is 1.59. The molecule has 0 aliphatic rings. The molecule has 1 atom stereocenters. The number of rotatable bonds is 7. The highest BCUT2D eigenvalue weighted by atomic mass is 32.1. The third kappa shape index (κ3) is 4.19. The van der Waals surface area contributed by atoms with Crippen LogP contribution in [0.4, 0.5) is 0 Å². The van der Waals surface area contributed by atoms with Crippen LogP contribution in [0, 0.1) is 13.8 Å². The van der Waals surface area contributed by atoms with E-state index in [9.17, 15) is 4.79 Å². The largest absolute Gasteiger partial charge is 0.466 e. The Bertz CT molecular complexity index is 574. The van der Waals surface area contributed by atoms with Gasteiger partial charge < -0.3 is 14.8 Å². The number of carbonyl (C=O) groups excluding carboxylic acids is 1. The second kappa shape index (κ2) is 7.43. The van der Waals surface area contributed by atoms with Crippen LogP contribution >= 0.6 is 11.3 Å². The van der Waals surface area contributed by atoms with Gasteiger partial charge in [-0.05, 0) is 50.1 Å². The molecule has 0 saturated carbocycles. The Labute approximate surface area is 128 Å². The van der Waals surface area contributed by atoms with E-state index in [0.717, 1.165) is 18.6 Å². The Kier molecular flexibility index (Phi) is 5.59. The van der Waals surface area contributed by atoms with E-state index in [-0.39, 0.29) is 12.5 Å². The molecule has 0 bridgehead atoms. The quantitative estimate of drug-likeness (QED) is 0.825. The molecule has 2 rings (SSSR count). The van der Waals surface area contributed by atoms with Crippen LogP contribution < -0.4 is 5.32 Å². The average Bonchev–Trinajstić information content (AvgIpc) is 3.07. The molecule has 0 aliphatic carbocycles. The number of hydrogen-bond donors (Lipinski definition) is 2. The summed E-state index contributed by atoms with van der Waals surface area (Å²) >= 11 is 1.69. The van der Waals surface area contributed by atoms with Gasteiger partial charge in [0.05, 0.1) is 5.56 Å². The van der Waals surface area contributed by atoms with Crippen molar-refractivity contribution in [3.63, 3.8) is 0 Å². The Morgan fingerprint density at radius 2 is 2.24 bits per heavy atom. The van der Waals surface area contributed by atoms with Gasteiger partial charge in [0.2, 0.25) is 0 Å². The molecule has 0 aliphatic heterocycles. The maximum Gasteiger partial charge on any atom is 0.254 e. The summed E-state index contributed by atoms with van der Waals surface area (Å²) in [6, 6.07) is 5.85. The fraction of sp³-hybridized carbons (Fsp3) is 0.438. The molecule has 0 radical (unpaired) electrons. The molecule has 4 nitrogen and oxygen atoms in total. The fourth-order valence-corrected chi connectivity index (χ4v) is 3.32. The number of thiophene rings is 1. The van der Waals surface area contributed by atoms with Gasteiger partial charge in [-0.25, -0.2) is 0 Å². The lowest BCUT2D eigenvalue weighted by atomic mass is 10.00. The molecule has 5 heteroatoms. The summed E-state index contributed by atoms with van der Waals surface area (Å²) in [6.07, 6.45) is 1.54. The Morgan fingerprint density at radius 1 is 1.43 bits per heavy atom. The number of carbonyl (C=O) groups is 1. The first kappa shape index (κ1) is 15.8. The minimum absolute atomic E-state index is 0.0988. The zero-order valence-corrected chi connectivity index (χ0v) is 13.2. The van der Waals surface area contributed by atoms with Crippen LogP contribution in [0.15, 0.2) is 28.0 Å². The van der Waals surface area contributed by atoms with Gasteiger partial charge in [-0.1, -0.05) is 6.07 Å². The van der Waals surface area contributed by atoms with E-state index in [4.69, 9.17) is 9.52 Å². The number of aryl methyl sites for hydroxylation is 2. The van der Waals surface area contributed by atoms with Gasteiger partial charge in [-0.2, -0.15) is 0 Å². The summed E-state index contributed by atoms with van der Waals surface area (Å²) in [5, 5.41) is 14.1. The molecule has 0 fully saturated rings. The molecule has 2 aromatic rings. The molecule has 114 valence electrons. The van der Waals surface area contributed by atoms with Crippen LogP contribution in [0.5, 0.6) is 0 Å². The van der Waals surface area contributed by atoms with Gasteiger partial charge in [-0.3, -0.25) is 4.79 Å². The molecule has 2 heterocycles. The van der Waals surface area contributed by atoms with E-state index in [1.165, 1.54) is 4.88 Å². The van der Waals surface area contributed by atoms with E-state index >= 15 is 0 Å². The molecular weight excluding hydrogens is 286 g/mol. The summed E-state index contributed by atoms with van der Waals surface area (Å²) in [5.41, 5.74) is 0.599. The summed E-state index contributed by atoms with van der Waals surface area (Å²) in [7, 11) is 0. The first-order valence-corrected chi connectivity index (χ1v) is 7.99. The number of aliphatic hydroxyl groups excluding tert-OH is 1. The van der Waals surface area contributed by atoms with Crippen LogP contribution in [-0.2, 0) is 0 Å². The normalized spacial score (nSPS) is 12.3. The summed E-state index contributed by atoms with van der Waals surface area (Å²) in [6.45, 7) is 4.38. The van der Waals surface area contributed by atoms with Gasteiger partial charge in [0.15, 0.2) is 0 Å². The zero-order chi connectivity index (χ0) is 15.2. The maximum absolute atomic E-state index is 12.1. The average molecular weight is 307 g/mol. The highest BCUT2D eigenvalue weighted by molar-refractivity contribution is 7.10. The van der Waals surface area contributed by atoms with E-state index in [1.807, 2.05) is 18.4 Å². The van der Waals surface area contributed by atoms with Crippen LogP contribution in [-0.4, -0.2) is 24.2 Å². The lowest BCUT2D eigenvalue weighted by Gasteiger charge is -2.14. The van der Waals surface area contributed by atoms with E-state index in [0.29, 0.717) is 23.8 Å². The van der Waals surface area contributed by atoms with Crippen molar-refractivity contribution in [3.05, 3.63) is 45.5 Å². The number of aliphatic hydroxyl groups is 1. The van der Waals surface area contributed by atoms with Crippen molar-refractivity contribution in [2.75, 3.05) is 13.2 Å². The SMILES string of the molecule is Cc1cc(C(=O)NCC[C@@H](CCO)c2cccs2)c(C)o1. The van der Waals surface area contributed by atoms with Crippen molar-refractivity contribution in [1.29, 1.82) is 0 Å². The Balaban J connectivity index is 1.87. The van der Waals surface area contributed by atoms with Crippen molar-refractivity contribution < 1.29 is 14.3 Å². The van der Waals surface area contributed by atoms with Gasteiger partial charge in [0, 0.05) is 18.0 Å². The molecule has 0 unspecified atom stereocenters. The van der Waals surface area contributed by atoms with E-state index in [2.05, 4.69) is 11.4 Å². The molecule has 2 N–H and O–H groups in total. The van der Waals surface area contributed by atoms with Crippen molar-refractivity contribution in [2.24, 2.45) is 0 Å². The third-order valence-electron chi connectivity index (χ3n) is 3.49.